The normalized spacial score (nSPS) is 10.9. The highest BCUT2D eigenvalue weighted by Crippen LogP contribution is 2.25. The molecular formula is C21H22FN3O2. The third kappa shape index (κ3) is 4.22. The molecule has 0 aliphatic heterocycles. The summed E-state index contributed by atoms with van der Waals surface area (Å²) < 4.78 is 13.6. The van der Waals surface area contributed by atoms with Crippen molar-refractivity contribution in [3.05, 3.63) is 75.3 Å². The standard InChI is InChI=1S/C21H22FN3O2/c1-3-4-5-18-24-20(26)17(21(27)25-18)12-14-6-8-15(9-7-14)16-10-11-23-19(22)13(16)2/h6-11H,3-5,12H2,1-2H3,(H2,24,25,26,27). The minimum Gasteiger partial charge on any atom is -0.494 e. The molecule has 0 saturated carbocycles. The van der Waals surface area contributed by atoms with Gasteiger partial charge in [0.15, 0.2) is 5.88 Å². The lowest BCUT2D eigenvalue weighted by atomic mass is 9.99. The summed E-state index contributed by atoms with van der Waals surface area (Å²) in [5.41, 5.74) is 2.82. The summed E-state index contributed by atoms with van der Waals surface area (Å²) in [6.45, 7) is 3.74. The Labute approximate surface area is 157 Å². The first-order valence-electron chi connectivity index (χ1n) is 9.01. The molecule has 27 heavy (non-hydrogen) atoms. The van der Waals surface area contributed by atoms with Gasteiger partial charge in [-0.25, -0.2) is 4.98 Å². The van der Waals surface area contributed by atoms with Crippen molar-refractivity contribution in [2.24, 2.45) is 0 Å². The van der Waals surface area contributed by atoms with Gasteiger partial charge in [-0.1, -0.05) is 37.6 Å². The zero-order chi connectivity index (χ0) is 19.4. The number of H-pyrrole nitrogens is 1. The molecule has 0 spiro atoms. The second-order valence-corrected chi connectivity index (χ2v) is 6.57. The Balaban J connectivity index is 1.83. The maximum Gasteiger partial charge on any atom is 0.280 e. The Hall–Kier alpha value is -3.02. The van der Waals surface area contributed by atoms with Crippen molar-refractivity contribution >= 4 is 0 Å². The Morgan fingerprint density at radius 2 is 1.93 bits per heavy atom. The Morgan fingerprint density at radius 1 is 1.19 bits per heavy atom. The van der Waals surface area contributed by atoms with Crippen molar-refractivity contribution in [1.82, 2.24) is 15.0 Å². The number of unbranched alkanes of at least 4 members (excludes halogenated alkanes) is 1. The molecule has 3 rings (SSSR count). The number of halogens is 1. The number of rotatable bonds is 6. The SMILES string of the molecule is CCCCc1nc(=O)c(Cc2ccc(-c3ccnc(F)c3C)cc2)c(O)[nH]1. The number of pyridine rings is 1. The molecule has 140 valence electrons. The number of benzene rings is 1. The summed E-state index contributed by atoms with van der Waals surface area (Å²) in [5, 5.41) is 10.2. The molecule has 0 amide bonds. The van der Waals surface area contributed by atoms with E-state index in [1.54, 1.807) is 13.0 Å². The summed E-state index contributed by atoms with van der Waals surface area (Å²) in [6.07, 6.45) is 4.23. The maximum atomic E-state index is 13.6. The molecule has 0 aliphatic rings. The van der Waals surface area contributed by atoms with Gasteiger partial charge in [-0.3, -0.25) is 4.79 Å². The fraction of sp³-hybridized carbons (Fsp3) is 0.286. The fourth-order valence-corrected chi connectivity index (χ4v) is 2.98. The van der Waals surface area contributed by atoms with Crippen molar-refractivity contribution < 1.29 is 9.50 Å². The predicted molar refractivity (Wildman–Crippen MR) is 102 cm³/mol. The number of aromatic nitrogens is 3. The zero-order valence-electron chi connectivity index (χ0n) is 15.4. The van der Waals surface area contributed by atoms with Gasteiger partial charge in [-0.05, 0) is 36.1 Å². The molecular weight excluding hydrogens is 345 g/mol. The molecule has 0 bridgehead atoms. The van der Waals surface area contributed by atoms with Crippen LogP contribution in [0.2, 0.25) is 0 Å². The number of nitrogens with one attached hydrogen (secondary N) is 1. The predicted octanol–water partition coefficient (Wildman–Crippen LogP) is 3.92. The number of aromatic hydroxyl groups is 1. The molecule has 0 saturated heterocycles. The zero-order valence-corrected chi connectivity index (χ0v) is 15.4. The lowest BCUT2D eigenvalue weighted by molar-refractivity contribution is 0.440. The number of hydrogen-bond acceptors (Lipinski definition) is 4. The van der Waals surface area contributed by atoms with Crippen molar-refractivity contribution in [3.63, 3.8) is 0 Å². The van der Waals surface area contributed by atoms with Crippen LogP contribution in [0.3, 0.4) is 0 Å². The maximum absolute atomic E-state index is 13.6. The van der Waals surface area contributed by atoms with Gasteiger partial charge >= 0.3 is 0 Å². The van der Waals surface area contributed by atoms with Crippen LogP contribution in [0.5, 0.6) is 5.88 Å². The number of aryl methyl sites for hydroxylation is 1. The molecule has 2 heterocycles. The topological polar surface area (TPSA) is 78.9 Å². The summed E-state index contributed by atoms with van der Waals surface area (Å²) in [7, 11) is 0. The quantitative estimate of drug-likeness (QED) is 0.647. The number of hydrogen-bond donors (Lipinski definition) is 2. The highest BCUT2D eigenvalue weighted by atomic mass is 19.1. The van der Waals surface area contributed by atoms with E-state index in [-0.39, 0.29) is 17.9 Å². The third-order valence-electron chi connectivity index (χ3n) is 4.60. The van der Waals surface area contributed by atoms with Gasteiger partial charge in [-0.2, -0.15) is 9.37 Å². The van der Waals surface area contributed by atoms with Crippen LogP contribution in [0.15, 0.2) is 41.3 Å². The van der Waals surface area contributed by atoms with E-state index >= 15 is 0 Å². The third-order valence-corrected chi connectivity index (χ3v) is 4.60. The van der Waals surface area contributed by atoms with Gasteiger partial charge < -0.3 is 10.1 Å². The fourth-order valence-electron chi connectivity index (χ4n) is 2.98. The van der Waals surface area contributed by atoms with Crippen LogP contribution >= 0.6 is 0 Å². The van der Waals surface area contributed by atoms with Gasteiger partial charge in [0.2, 0.25) is 5.95 Å². The largest absolute Gasteiger partial charge is 0.494 e. The molecule has 2 N–H and O–H groups in total. The highest BCUT2D eigenvalue weighted by molar-refractivity contribution is 5.66. The molecule has 1 aromatic carbocycles. The van der Waals surface area contributed by atoms with Gasteiger partial charge in [0.05, 0.1) is 5.56 Å². The van der Waals surface area contributed by atoms with E-state index in [4.69, 9.17) is 0 Å². The summed E-state index contributed by atoms with van der Waals surface area (Å²) in [6, 6.07) is 9.22. The second-order valence-electron chi connectivity index (χ2n) is 6.57. The molecule has 0 atom stereocenters. The first-order chi connectivity index (χ1) is 13.0. The first-order valence-corrected chi connectivity index (χ1v) is 9.01. The molecule has 0 radical (unpaired) electrons. The van der Waals surface area contributed by atoms with Gasteiger partial charge in [0.1, 0.15) is 5.82 Å². The molecule has 0 unspecified atom stereocenters. The minimum absolute atomic E-state index is 0.128. The average Bonchev–Trinajstić information content (AvgIpc) is 2.66. The van der Waals surface area contributed by atoms with E-state index in [2.05, 4.69) is 21.9 Å². The van der Waals surface area contributed by atoms with Crippen LogP contribution in [0.1, 0.15) is 42.3 Å². The molecule has 6 heteroatoms. The van der Waals surface area contributed by atoms with Crippen molar-refractivity contribution in [2.45, 2.75) is 39.5 Å². The lowest BCUT2D eigenvalue weighted by Gasteiger charge is -2.09. The van der Waals surface area contributed by atoms with Crippen LogP contribution in [0, 0.1) is 12.9 Å². The lowest BCUT2D eigenvalue weighted by Crippen LogP contribution is -2.17. The van der Waals surface area contributed by atoms with E-state index in [1.165, 1.54) is 6.20 Å². The van der Waals surface area contributed by atoms with Crippen LogP contribution in [0.25, 0.3) is 11.1 Å². The molecule has 2 aromatic heterocycles. The van der Waals surface area contributed by atoms with Crippen molar-refractivity contribution in [1.29, 1.82) is 0 Å². The van der Waals surface area contributed by atoms with Crippen LogP contribution in [-0.4, -0.2) is 20.1 Å². The van der Waals surface area contributed by atoms with E-state index in [9.17, 15) is 14.3 Å². The molecule has 0 aliphatic carbocycles. The summed E-state index contributed by atoms with van der Waals surface area (Å²) in [4.78, 5) is 22.8. The number of aromatic amines is 1. The smallest absolute Gasteiger partial charge is 0.280 e. The molecule has 5 nitrogen and oxygen atoms in total. The van der Waals surface area contributed by atoms with Crippen molar-refractivity contribution in [3.8, 4) is 17.0 Å². The highest BCUT2D eigenvalue weighted by Gasteiger charge is 2.12. The average molecular weight is 367 g/mol. The second kappa shape index (κ2) is 8.12. The van der Waals surface area contributed by atoms with E-state index in [0.717, 1.165) is 29.5 Å². The van der Waals surface area contributed by atoms with Crippen LogP contribution in [0.4, 0.5) is 4.39 Å². The van der Waals surface area contributed by atoms with E-state index < -0.39 is 11.5 Å². The minimum atomic E-state index is -0.484. The first kappa shape index (κ1) is 18.8. The monoisotopic (exact) mass is 367 g/mol. The van der Waals surface area contributed by atoms with Gasteiger partial charge in [-0.15, -0.1) is 0 Å². The van der Waals surface area contributed by atoms with E-state index in [0.29, 0.717) is 17.8 Å². The van der Waals surface area contributed by atoms with E-state index in [1.807, 2.05) is 24.3 Å². The van der Waals surface area contributed by atoms with Gasteiger partial charge in [0.25, 0.3) is 5.56 Å². The van der Waals surface area contributed by atoms with Crippen LogP contribution in [-0.2, 0) is 12.8 Å². The molecule has 3 aromatic rings. The number of nitrogens with zero attached hydrogens (tertiary/aromatic N) is 2. The Kier molecular flexibility index (Phi) is 5.64. The molecule has 0 fully saturated rings. The Morgan fingerprint density at radius 3 is 2.59 bits per heavy atom. The summed E-state index contributed by atoms with van der Waals surface area (Å²) in [5.74, 6) is -0.104. The van der Waals surface area contributed by atoms with Crippen LogP contribution < -0.4 is 5.56 Å². The van der Waals surface area contributed by atoms with Crippen molar-refractivity contribution in [2.75, 3.05) is 0 Å². The Bertz CT molecular complexity index is 997. The van der Waals surface area contributed by atoms with Gasteiger partial charge in [0, 0.05) is 24.6 Å². The summed E-state index contributed by atoms with van der Waals surface area (Å²) >= 11 is 0.